The van der Waals surface area contributed by atoms with E-state index in [4.69, 9.17) is 10.00 Å². The van der Waals surface area contributed by atoms with Gasteiger partial charge in [0, 0.05) is 18.9 Å². The van der Waals surface area contributed by atoms with E-state index in [0.717, 1.165) is 5.56 Å². The number of benzene rings is 2. The first-order chi connectivity index (χ1) is 13.4. The van der Waals surface area contributed by atoms with Gasteiger partial charge in [-0.1, -0.05) is 30.3 Å². The van der Waals surface area contributed by atoms with E-state index in [9.17, 15) is 13.2 Å². The van der Waals surface area contributed by atoms with Gasteiger partial charge in [-0.15, -0.1) is 0 Å². The second kappa shape index (κ2) is 7.96. The van der Waals surface area contributed by atoms with Crippen LogP contribution in [0.1, 0.15) is 16.7 Å². The summed E-state index contributed by atoms with van der Waals surface area (Å²) in [5.74, 6) is -0.338. The van der Waals surface area contributed by atoms with Gasteiger partial charge in [-0.05, 0) is 29.8 Å². The molecule has 0 spiro atoms. The van der Waals surface area contributed by atoms with Gasteiger partial charge in [-0.25, -0.2) is 4.98 Å². The molecule has 0 bridgehead atoms. The Hall–Kier alpha value is -3.60. The van der Waals surface area contributed by atoms with Crippen molar-refractivity contribution in [1.82, 2.24) is 9.97 Å². The van der Waals surface area contributed by atoms with Gasteiger partial charge in [0.05, 0.1) is 11.6 Å². The van der Waals surface area contributed by atoms with Gasteiger partial charge in [-0.2, -0.15) is 23.4 Å². The SMILES string of the molecule is CN(c1ccc(C#N)cc1)c1nc(OCc2ccccc2)ncc1C(F)(F)F. The van der Waals surface area contributed by atoms with E-state index in [-0.39, 0.29) is 18.4 Å². The Morgan fingerprint density at radius 2 is 1.75 bits per heavy atom. The summed E-state index contributed by atoms with van der Waals surface area (Å²) in [5.41, 5.74) is 0.708. The minimum absolute atomic E-state index is 0.131. The molecular weight excluding hydrogens is 369 g/mol. The summed E-state index contributed by atoms with van der Waals surface area (Å²) in [5, 5.41) is 8.87. The van der Waals surface area contributed by atoms with Crippen LogP contribution >= 0.6 is 0 Å². The molecule has 8 heteroatoms. The first-order valence-electron chi connectivity index (χ1n) is 8.23. The number of alkyl halides is 3. The Labute approximate surface area is 159 Å². The number of nitriles is 1. The molecule has 0 saturated heterocycles. The molecule has 0 saturated carbocycles. The second-order valence-corrected chi connectivity index (χ2v) is 5.88. The fraction of sp³-hybridized carbons (Fsp3) is 0.150. The van der Waals surface area contributed by atoms with Gasteiger partial charge in [-0.3, -0.25) is 0 Å². The summed E-state index contributed by atoms with van der Waals surface area (Å²) in [4.78, 5) is 8.96. The molecule has 28 heavy (non-hydrogen) atoms. The molecule has 0 unspecified atom stereocenters. The molecule has 0 aliphatic carbocycles. The fourth-order valence-electron chi connectivity index (χ4n) is 2.49. The highest BCUT2D eigenvalue weighted by Gasteiger charge is 2.36. The topological polar surface area (TPSA) is 62.0 Å². The lowest BCUT2D eigenvalue weighted by atomic mass is 10.2. The van der Waals surface area contributed by atoms with Crippen LogP contribution in [-0.2, 0) is 12.8 Å². The van der Waals surface area contributed by atoms with Crippen molar-refractivity contribution in [3.05, 3.63) is 77.5 Å². The Balaban J connectivity index is 1.92. The van der Waals surface area contributed by atoms with Gasteiger partial charge in [0.25, 0.3) is 0 Å². The van der Waals surface area contributed by atoms with Crippen LogP contribution < -0.4 is 9.64 Å². The summed E-state index contributed by atoms with van der Waals surface area (Å²) in [6.45, 7) is 0.131. The van der Waals surface area contributed by atoms with Crippen molar-refractivity contribution in [1.29, 1.82) is 5.26 Å². The van der Waals surface area contributed by atoms with E-state index < -0.39 is 11.7 Å². The largest absolute Gasteiger partial charge is 0.459 e. The van der Waals surface area contributed by atoms with Gasteiger partial charge in [0.15, 0.2) is 5.82 Å². The van der Waals surface area contributed by atoms with Crippen LogP contribution in [0.25, 0.3) is 0 Å². The standard InChI is InChI=1S/C20H15F3N4O/c1-27(16-9-7-14(11-24)8-10-16)18-17(20(21,22)23)12-25-19(26-18)28-13-15-5-3-2-4-6-15/h2-10,12H,13H2,1H3. The number of aromatic nitrogens is 2. The third-order valence-electron chi connectivity index (χ3n) is 3.96. The molecule has 2 aromatic carbocycles. The zero-order valence-electron chi connectivity index (χ0n) is 14.8. The molecule has 0 aliphatic heterocycles. The molecule has 142 valence electrons. The Kier molecular flexibility index (Phi) is 5.45. The van der Waals surface area contributed by atoms with Gasteiger partial charge in [0.1, 0.15) is 12.2 Å². The van der Waals surface area contributed by atoms with Gasteiger partial charge < -0.3 is 9.64 Å². The number of halogens is 3. The summed E-state index contributed by atoms with van der Waals surface area (Å²) < 4.78 is 45.8. The highest BCUT2D eigenvalue weighted by atomic mass is 19.4. The maximum absolute atomic E-state index is 13.4. The highest BCUT2D eigenvalue weighted by Crippen LogP contribution is 2.37. The van der Waals surface area contributed by atoms with Crippen molar-refractivity contribution in [2.45, 2.75) is 12.8 Å². The number of ether oxygens (including phenoxy) is 1. The Morgan fingerprint density at radius 1 is 1.07 bits per heavy atom. The zero-order chi connectivity index (χ0) is 20.1. The maximum atomic E-state index is 13.4. The van der Waals surface area contributed by atoms with Crippen LogP contribution in [0.3, 0.4) is 0 Å². The number of hydrogen-bond acceptors (Lipinski definition) is 5. The number of nitrogens with zero attached hydrogens (tertiary/aromatic N) is 4. The van der Waals surface area contributed by atoms with E-state index in [1.165, 1.54) is 24.1 Å². The zero-order valence-corrected chi connectivity index (χ0v) is 14.8. The quantitative estimate of drug-likeness (QED) is 0.637. The molecule has 1 aromatic heterocycles. The predicted molar refractivity (Wildman–Crippen MR) is 97.0 cm³/mol. The molecule has 0 radical (unpaired) electrons. The van der Waals surface area contributed by atoms with Crippen molar-refractivity contribution >= 4 is 11.5 Å². The molecule has 3 aromatic rings. The minimum atomic E-state index is -4.63. The first kappa shape index (κ1) is 19.2. The minimum Gasteiger partial charge on any atom is -0.459 e. The van der Waals surface area contributed by atoms with E-state index in [1.807, 2.05) is 36.4 Å². The molecule has 5 nitrogen and oxygen atoms in total. The van der Waals surface area contributed by atoms with Crippen LogP contribution in [0.5, 0.6) is 6.01 Å². The third-order valence-corrected chi connectivity index (χ3v) is 3.96. The maximum Gasteiger partial charge on any atom is 0.421 e. The average molecular weight is 384 g/mol. The molecule has 0 aliphatic rings. The molecule has 0 atom stereocenters. The third kappa shape index (κ3) is 4.38. The lowest BCUT2D eigenvalue weighted by Crippen LogP contribution is -2.19. The van der Waals surface area contributed by atoms with E-state index in [2.05, 4.69) is 9.97 Å². The lowest BCUT2D eigenvalue weighted by molar-refractivity contribution is -0.137. The number of rotatable bonds is 5. The predicted octanol–water partition coefficient (Wildman–Crippen LogP) is 4.71. The Morgan fingerprint density at radius 3 is 2.36 bits per heavy atom. The van der Waals surface area contributed by atoms with Crippen molar-refractivity contribution < 1.29 is 17.9 Å². The molecular formula is C20H15F3N4O. The van der Waals surface area contributed by atoms with Crippen LogP contribution in [0.15, 0.2) is 60.8 Å². The molecule has 1 heterocycles. The highest BCUT2D eigenvalue weighted by molar-refractivity contribution is 5.63. The monoisotopic (exact) mass is 384 g/mol. The van der Waals surface area contributed by atoms with Crippen LogP contribution in [0.2, 0.25) is 0 Å². The first-order valence-corrected chi connectivity index (χ1v) is 8.23. The normalized spacial score (nSPS) is 11.0. The molecule has 0 N–H and O–H groups in total. The lowest BCUT2D eigenvalue weighted by Gasteiger charge is -2.22. The average Bonchev–Trinajstić information content (AvgIpc) is 2.71. The van der Waals surface area contributed by atoms with Crippen molar-refractivity contribution in [2.24, 2.45) is 0 Å². The second-order valence-electron chi connectivity index (χ2n) is 5.88. The van der Waals surface area contributed by atoms with Crippen molar-refractivity contribution in [3.63, 3.8) is 0 Å². The summed E-state index contributed by atoms with van der Waals surface area (Å²) in [6, 6.07) is 17.1. The summed E-state index contributed by atoms with van der Waals surface area (Å²) in [7, 11) is 1.46. The van der Waals surface area contributed by atoms with E-state index in [1.54, 1.807) is 12.1 Å². The van der Waals surface area contributed by atoms with E-state index in [0.29, 0.717) is 17.4 Å². The Bertz CT molecular complexity index is 983. The fourth-order valence-corrected chi connectivity index (χ4v) is 2.49. The summed E-state index contributed by atoms with van der Waals surface area (Å²) in [6.07, 6.45) is -3.92. The van der Waals surface area contributed by atoms with Crippen LogP contribution in [0.4, 0.5) is 24.7 Å². The van der Waals surface area contributed by atoms with Gasteiger partial charge >= 0.3 is 12.2 Å². The molecule has 3 rings (SSSR count). The molecule has 0 fully saturated rings. The van der Waals surface area contributed by atoms with Crippen molar-refractivity contribution in [2.75, 3.05) is 11.9 Å². The van der Waals surface area contributed by atoms with E-state index >= 15 is 0 Å². The molecule has 0 amide bonds. The smallest absolute Gasteiger partial charge is 0.421 e. The van der Waals surface area contributed by atoms with Crippen LogP contribution in [-0.4, -0.2) is 17.0 Å². The number of anilines is 2. The van der Waals surface area contributed by atoms with Crippen LogP contribution in [0, 0.1) is 11.3 Å². The van der Waals surface area contributed by atoms with Crippen molar-refractivity contribution in [3.8, 4) is 12.1 Å². The summed E-state index contributed by atoms with van der Waals surface area (Å²) >= 11 is 0. The number of hydrogen-bond donors (Lipinski definition) is 0. The van der Waals surface area contributed by atoms with Gasteiger partial charge in [0.2, 0.25) is 0 Å².